The third-order valence-electron chi connectivity index (χ3n) is 3.24. The van der Waals surface area contributed by atoms with E-state index < -0.39 is 0 Å². The first-order valence-corrected chi connectivity index (χ1v) is 9.42. The highest BCUT2D eigenvalue weighted by molar-refractivity contribution is 7.99. The molecule has 9 heteroatoms. The Hall–Kier alpha value is -2.29. The molecule has 2 rings (SSSR count). The van der Waals surface area contributed by atoms with E-state index in [1.54, 1.807) is 4.68 Å². The summed E-state index contributed by atoms with van der Waals surface area (Å²) in [6, 6.07) is 7.39. The number of ether oxygens (including phenoxy) is 2. The molecule has 0 spiro atoms. The number of nitrogens with zero attached hydrogens (tertiary/aromatic N) is 4. The number of amides is 1. The zero-order valence-electron chi connectivity index (χ0n) is 15.6. The van der Waals surface area contributed by atoms with E-state index in [2.05, 4.69) is 20.8 Å². The largest absolute Gasteiger partial charge is 0.494 e. The van der Waals surface area contributed by atoms with Crippen LogP contribution in [0.2, 0.25) is 0 Å². The van der Waals surface area contributed by atoms with Crippen LogP contribution in [-0.4, -0.2) is 51.6 Å². The number of carbonyl (C=O) groups is 1. The molecule has 0 aliphatic carbocycles. The lowest BCUT2D eigenvalue weighted by atomic mass is 10.1. The van der Waals surface area contributed by atoms with Gasteiger partial charge in [0.05, 0.1) is 24.4 Å². The summed E-state index contributed by atoms with van der Waals surface area (Å²) in [6.07, 6.45) is 0. The Morgan fingerprint density at radius 1 is 1.19 bits per heavy atom. The van der Waals surface area contributed by atoms with Gasteiger partial charge < -0.3 is 14.8 Å². The van der Waals surface area contributed by atoms with Gasteiger partial charge in [0.2, 0.25) is 11.1 Å². The Bertz CT molecular complexity index is 697. The summed E-state index contributed by atoms with van der Waals surface area (Å²) in [5.74, 6) is 1.71. The van der Waals surface area contributed by atoms with Gasteiger partial charge in [-0.25, -0.2) is 4.68 Å². The van der Waals surface area contributed by atoms with Crippen molar-refractivity contribution in [3.05, 3.63) is 24.3 Å². The van der Waals surface area contributed by atoms with E-state index in [-0.39, 0.29) is 17.2 Å². The Kier molecular flexibility index (Phi) is 7.26. The van der Waals surface area contributed by atoms with Gasteiger partial charge in [-0.3, -0.25) is 4.79 Å². The Morgan fingerprint density at radius 3 is 2.46 bits per heavy atom. The van der Waals surface area contributed by atoms with Gasteiger partial charge >= 0.3 is 0 Å². The van der Waals surface area contributed by atoms with Crippen LogP contribution in [0.3, 0.4) is 0 Å². The van der Waals surface area contributed by atoms with Gasteiger partial charge in [0.25, 0.3) is 0 Å². The highest BCUT2D eigenvalue weighted by Gasteiger charge is 2.20. The Labute approximate surface area is 157 Å². The van der Waals surface area contributed by atoms with Crippen LogP contribution in [0.1, 0.15) is 27.7 Å². The zero-order valence-corrected chi connectivity index (χ0v) is 16.4. The fourth-order valence-corrected chi connectivity index (χ4v) is 2.92. The maximum absolute atomic E-state index is 11.9. The lowest BCUT2D eigenvalue weighted by molar-refractivity contribution is -0.118. The monoisotopic (exact) mass is 379 g/mol. The standard InChI is InChI=1S/C17H25N5O3S/c1-5-24-13-6-8-14(9-7-13)25-11-10-18-15(23)12-26-16-19-20-21-22(16)17(2,3)4/h6-9H,5,10-12H2,1-4H3,(H,18,23). The van der Waals surface area contributed by atoms with Gasteiger partial charge in [0.15, 0.2) is 0 Å². The molecule has 0 unspecified atom stereocenters. The third kappa shape index (κ3) is 6.21. The number of carbonyl (C=O) groups excluding carboxylic acids is 1. The molecule has 1 aromatic heterocycles. The highest BCUT2D eigenvalue weighted by atomic mass is 32.2. The lowest BCUT2D eigenvalue weighted by Crippen LogP contribution is -2.30. The van der Waals surface area contributed by atoms with Crippen molar-refractivity contribution in [2.24, 2.45) is 0 Å². The maximum atomic E-state index is 11.9. The fraction of sp³-hybridized carbons (Fsp3) is 0.529. The normalized spacial score (nSPS) is 11.2. The van der Waals surface area contributed by atoms with Crippen molar-refractivity contribution in [1.82, 2.24) is 25.5 Å². The predicted octanol–water partition coefficient (Wildman–Crippen LogP) is 2.11. The van der Waals surface area contributed by atoms with Crippen molar-refractivity contribution in [2.45, 2.75) is 38.4 Å². The van der Waals surface area contributed by atoms with Crippen LogP contribution in [0.5, 0.6) is 11.5 Å². The first-order chi connectivity index (χ1) is 12.4. The second-order valence-electron chi connectivity index (χ2n) is 6.44. The molecule has 1 aromatic carbocycles. The second kappa shape index (κ2) is 9.42. The molecular weight excluding hydrogens is 354 g/mol. The minimum Gasteiger partial charge on any atom is -0.494 e. The second-order valence-corrected chi connectivity index (χ2v) is 7.38. The maximum Gasteiger partial charge on any atom is 0.230 e. The van der Waals surface area contributed by atoms with Crippen molar-refractivity contribution >= 4 is 17.7 Å². The third-order valence-corrected chi connectivity index (χ3v) is 4.16. The highest BCUT2D eigenvalue weighted by Crippen LogP contribution is 2.21. The summed E-state index contributed by atoms with van der Waals surface area (Å²) >= 11 is 1.31. The molecule has 26 heavy (non-hydrogen) atoms. The Balaban J connectivity index is 1.67. The first-order valence-electron chi connectivity index (χ1n) is 8.44. The molecule has 0 saturated carbocycles. The number of aromatic nitrogens is 4. The number of tetrazole rings is 1. The van der Waals surface area contributed by atoms with Crippen LogP contribution in [0, 0.1) is 0 Å². The van der Waals surface area contributed by atoms with Crippen molar-refractivity contribution < 1.29 is 14.3 Å². The number of rotatable bonds is 9. The molecule has 0 fully saturated rings. The smallest absolute Gasteiger partial charge is 0.230 e. The van der Waals surface area contributed by atoms with Crippen LogP contribution < -0.4 is 14.8 Å². The van der Waals surface area contributed by atoms with Crippen LogP contribution in [0.4, 0.5) is 0 Å². The number of thioether (sulfide) groups is 1. The molecule has 0 saturated heterocycles. The van der Waals surface area contributed by atoms with E-state index in [1.807, 2.05) is 52.0 Å². The van der Waals surface area contributed by atoms with Gasteiger partial charge in [0.1, 0.15) is 18.1 Å². The quantitative estimate of drug-likeness (QED) is 0.527. The molecular formula is C17H25N5O3S. The lowest BCUT2D eigenvalue weighted by Gasteiger charge is -2.19. The van der Waals surface area contributed by atoms with Crippen LogP contribution in [0.25, 0.3) is 0 Å². The van der Waals surface area contributed by atoms with E-state index in [9.17, 15) is 4.79 Å². The van der Waals surface area contributed by atoms with E-state index in [0.717, 1.165) is 11.5 Å². The molecule has 2 aromatic rings. The molecule has 0 radical (unpaired) electrons. The van der Waals surface area contributed by atoms with Gasteiger partial charge in [0, 0.05) is 0 Å². The molecule has 142 valence electrons. The van der Waals surface area contributed by atoms with Crippen LogP contribution in [-0.2, 0) is 10.3 Å². The molecule has 1 heterocycles. The van der Waals surface area contributed by atoms with E-state index in [4.69, 9.17) is 9.47 Å². The average Bonchev–Trinajstić information content (AvgIpc) is 3.07. The first kappa shape index (κ1) is 20.0. The minimum absolute atomic E-state index is 0.0891. The molecule has 8 nitrogen and oxygen atoms in total. The summed E-state index contributed by atoms with van der Waals surface area (Å²) in [7, 11) is 0. The Morgan fingerprint density at radius 2 is 1.85 bits per heavy atom. The average molecular weight is 379 g/mol. The summed E-state index contributed by atoms with van der Waals surface area (Å²) < 4.78 is 12.7. The van der Waals surface area contributed by atoms with Crippen LogP contribution in [0.15, 0.2) is 29.4 Å². The zero-order chi connectivity index (χ0) is 19.0. The SMILES string of the molecule is CCOc1ccc(OCCNC(=O)CSc2nnnn2C(C)(C)C)cc1. The van der Waals surface area contributed by atoms with Crippen molar-refractivity contribution in [2.75, 3.05) is 25.5 Å². The van der Waals surface area contributed by atoms with Gasteiger partial charge in [-0.2, -0.15) is 0 Å². The predicted molar refractivity (Wildman–Crippen MR) is 99.7 cm³/mol. The van der Waals surface area contributed by atoms with E-state index >= 15 is 0 Å². The van der Waals surface area contributed by atoms with Crippen LogP contribution >= 0.6 is 11.8 Å². The number of benzene rings is 1. The number of hydrogen-bond acceptors (Lipinski definition) is 7. The molecule has 0 atom stereocenters. The molecule has 0 aliphatic rings. The van der Waals surface area contributed by atoms with Crippen molar-refractivity contribution in [3.8, 4) is 11.5 Å². The van der Waals surface area contributed by atoms with E-state index in [0.29, 0.717) is 24.9 Å². The summed E-state index contributed by atoms with van der Waals surface area (Å²) in [4.78, 5) is 11.9. The number of hydrogen-bond donors (Lipinski definition) is 1. The van der Waals surface area contributed by atoms with Gasteiger partial charge in [-0.15, -0.1) is 5.10 Å². The van der Waals surface area contributed by atoms with Gasteiger partial charge in [-0.05, 0) is 62.4 Å². The summed E-state index contributed by atoms with van der Waals surface area (Å²) in [5.41, 5.74) is -0.228. The number of nitrogens with one attached hydrogen (secondary N) is 1. The summed E-state index contributed by atoms with van der Waals surface area (Å²) in [5, 5.41) is 15.0. The van der Waals surface area contributed by atoms with Gasteiger partial charge in [-0.1, -0.05) is 11.8 Å². The van der Waals surface area contributed by atoms with Crippen molar-refractivity contribution in [3.63, 3.8) is 0 Å². The summed E-state index contributed by atoms with van der Waals surface area (Å²) in [6.45, 7) is 9.41. The minimum atomic E-state index is -0.228. The topological polar surface area (TPSA) is 91.2 Å². The molecule has 1 amide bonds. The molecule has 1 N–H and O–H groups in total. The fourth-order valence-electron chi connectivity index (χ4n) is 2.03. The molecule has 0 aliphatic heterocycles. The van der Waals surface area contributed by atoms with Crippen molar-refractivity contribution in [1.29, 1.82) is 0 Å². The van der Waals surface area contributed by atoms with E-state index in [1.165, 1.54) is 11.8 Å². The molecule has 0 bridgehead atoms.